The third-order valence-electron chi connectivity index (χ3n) is 3.65. The molecule has 2 N–H and O–H groups in total. The molecule has 0 bridgehead atoms. The predicted octanol–water partition coefficient (Wildman–Crippen LogP) is 3.01. The molecular weight excluding hydrogens is 381 g/mol. The van der Waals surface area contributed by atoms with Crippen molar-refractivity contribution < 1.29 is 18.7 Å². The van der Waals surface area contributed by atoms with Crippen molar-refractivity contribution in [2.24, 2.45) is 0 Å². The zero-order valence-electron chi connectivity index (χ0n) is 14.9. The molecule has 0 aliphatic carbocycles. The van der Waals surface area contributed by atoms with E-state index in [1.165, 1.54) is 23.5 Å². The molecule has 0 saturated heterocycles. The first-order chi connectivity index (χ1) is 13.6. The number of hydrogen-bond donors (Lipinski definition) is 2. The van der Waals surface area contributed by atoms with Crippen LogP contribution in [0.1, 0.15) is 10.4 Å². The summed E-state index contributed by atoms with van der Waals surface area (Å²) in [7, 11) is 0. The topological polar surface area (TPSA) is 80.3 Å². The molecule has 2 aromatic carbocycles. The van der Waals surface area contributed by atoms with Gasteiger partial charge in [-0.3, -0.25) is 9.59 Å². The lowest BCUT2D eigenvalue weighted by Gasteiger charge is -2.07. The SMILES string of the molecule is O=C(COc1ccccc1)NCC(=O)Nc1ncc(Cc2ccc(F)cc2)s1. The van der Waals surface area contributed by atoms with Gasteiger partial charge in [0.1, 0.15) is 11.6 Å². The lowest BCUT2D eigenvalue weighted by molar-refractivity contribution is -0.125. The molecule has 28 heavy (non-hydrogen) atoms. The molecule has 0 aliphatic heterocycles. The number of hydrogen-bond acceptors (Lipinski definition) is 5. The zero-order valence-corrected chi connectivity index (χ0v) is 15.7. The summed E-state index contributed by atoms with van der Waals surface area (Å²) in [5.74, 6) is -0.471. The van der Waals surface area contributed by atoms with Crippen molar-refractivity contribution >= 4 is 28.3 Å². The van der Waals surface area contributed by atoms with Crippen LogP contribution in [-0.2, 0) is 16.0 Å². The Labute approximate surface area is 165 Å². The summed E-state index contributed by atoms with van der Waals surface area (Å²) < 4.78 is 18.3. The van der Waals surface area contributed by atoms with Crippen molar-refractivity contribution in [1.82, 2.24) is 10.3 Å². The van der Waals surface area contributed by atoms with Gasteiger partial charge in [-0.25, -0.2) is 9.37 Å². The monoisotopic (exact) mass is 399 g/mol. The molecule has 0 spiro atoms. The molecule has 0 fully saturated rings. The molecule has 0 saturated carbocycles. The van der Waals surface area contributed by atoms with Crippen LogP contribution in [0.3, 0.4) is 0 Å². The van der Waals surface area contributed by atoms with Gasteiger partial charge in [0.25, 0.3) is 5.91 Å². The highest BCUT2D eigenvalue weighted by Gasteiger charge is 2.10. The van der Waals surface area contributed by atoms with Gasteiger partial charge in [-0.15, -0.1) is 11.3 Å². The first kappa shape index (κ1) is 19.5. The first-order valence-corrected chi connectivity index (χ1v) is 9.34. The number of ether oxygens (including phenoxy) is 1. The van der Waals surface area contributed by atoms with Crippen molar-refractivity contribution in [3.63, 3.8) is 0 Å². The molecule has 0 aliphatic rings. The maximum atomic E-state index is 12.9. The largest absolute Gasteiger partial charge is 0.484 e. The number of halogens is 1. The lowest BCUT2D eigenvalue weighted by atomic mass is 10.1. The highest BCUT2D eigenvalue weighted by Crippen LogP contribution is 2.21. The van der Waals surface area contributed by atoms with Gasteiger partial charge in [-0.05, 0) is 29.8 Å². The minimum absolute atomic E-state index is 0.170. The van der Waals surface area contributed by atoms with Crippen LogP contribution in [0.4, 0.5) is 9.52 Å². The van der Waals surface area contributed by atoms with Crippen molar-refractivity contribution in [2.75, 3.05) is 18.5 Å². The van der Waals surface area contributed by atoms with Crippen molar-refractivity contribution in [1.29, 1.82) is 0 Å². The molecular formula is C20H18FN3O3S. The van der Waals surface area contributed by atoms with Crippen LogP contribution >= 0.6 is 11.3 Å². The van der Waals surface area contributed by atoms with E-state index in [0.29, 0.717) is 17.3 Å². The fourth-order valence-electron chi connectivity index (χ4n) is 2.31. The molecule has 144 valence electrons. The van der Waals surface area contributed by atoms with Crippen molar-refractivity contribution in [3.05, 3.63) is 77.1 Å². The van der Waals surface area contributed by atoms with E-state index in [2.05, 4.69) is 15.6 Å². The summed E-state index contributed by atoms with van der Waals surface area (Å²) in [5, 5.41) is 5.57. The second-order valence-corrected chi connectivity index (χ2v) is 6.98. The molecule has 0 atom stereocenters. The Balaban J connectivity index is 1.40. The molecule has 3 aromatic rings. The van der Waals surface area contributed by atoms with Gasteiger partial charge >= 0.3 is 0 Å². The highest BCUT2D eigenvalue weighted by atomic mass is 32.1. The average Bonchev–Trinajstić information content (AvgIpc) is 3.14. The van der Waals surface area contributed by atoms with Crippen LogP contribution in [0.15, 0.2) is 60.8 Å². The van der Waals surface area contributed by atoms with Gasteiger partial charge < -0.3 is 15.4 Å². The molecule has 1 heterocycles. The predicted molar refractivity (Wildman–Crippen MR) is 105 cm³/mol. The molecule has 0 unspecified atom stereocenters. The van der Waals surface area contributed by atoms with E-state index in [-0.39, 0.29) is 24.9 Å². The number of thiazole rings is 1. The Morgan fingerprint density at radius 3 is 2.54 bits per heavy atom. The van der Waals surface area contributed by atoms with Crippen LogP contribution in [0.5, 0.6) is 5.75 Å². The van der Waals surface area contributed by atoms with E-state index >= 15 is 0 Å². The van der Waals surface area contributed by atoms with Crippen LogP contribution in [0.25, 0.3) is 0 Å². The smallest absolute Gasteiger partial charge is 0.258 e. The summed E-state index contributed by atoms with van der Waals surface area (Å²) >= 11 is 1.33. The molecule has 8 heteroatoms. The molecule has 6 nitrogen and oxygen atoms in total. The van der Waals surface area contributed by atoms with Crippen LogP contribution in [-0.4, -0.2) is 29.9 Å². The number of anilines is 1. The number of rotatable bonds is 8. The number of nitrogens with zero attached hydrogens (tertiary/aromatic N) is 1. The summed E-state index contributed by atoms with van der Waals surface area (Å²) in [4.78, 5) is 28.8. The Morgan fingerprint density at radius 2 is 1.79 bits per heavy atom. The number of benzene rings is 2. The third kappa shape index (κ3) is 6.17. The van der Waals surface area contributed by atoms with Gasteiger partial charge in [0, 0.05) is 17.5 Å². The molecule has 2 amide bonds. The number of amides is 2. The lowest BCUT2D eigenvalue weighted by Crippen LogP contribution is -2.35. The Morgan fingerprint density at radius 1 is 1.04 bits per heavy atom. The average molecular weight is 399 g/mol. The van der Waals surface area contributed by atoms with E-state index in [0.717, 1.165) is 10.4 Å². The molecule has 3 rings (SSSR count). The molecule has 1 aromatic heterocycles. The Hall–Kier alpha value is -3.26. The van der Waals surface area contributed by atoms with Gasteiger partial charge in [0.05, 0.1) is 6.54 Å². The fourth-order valence-corrected chi connectivity index (χ4v) is 3.17. The normalized spacial score (nSPS) is 10.3. The van der Waals surface area contributed by atoms with E-state index in [1.54, 1.807) is 42.6 Å². The minimum atomic E-state index is -0.393. The van der Waals surface area contributed by atoms with Gasteiger partial charge in [0.2, 0.25) is 5.91 Å². The highest BCUT2D eigenvalue weighted by molar-refractivity contribution is 7.15. The van der Waals surface area contributed by atoms with E-state index < -0.39 is 5.91 Å². The minimum Gasteiger partial charge on any atom is -0.484 e. The standard InChI is InChI=1S/C20H18FN3O3S/c21-15-8-6-14(7-9-15)10-17-11-23-20(28-17)24-18(25)12-22-19(26)13-27-16-4-2-1-3-5-16/h1-9,11H,10,12-13H2,(H,22,26)(H,23,24,25). The number of carbonyl (C=O) groups excluding carboxylic acids is 2. The zero-order chi connectivity index (χ0) is 19.8. The fraction of sp³-hybridized carbons (Fsp3) is 0.150. The van der Waals surface area contributed by atoms with E-state index in [4.69, 9.17) is 4.74 Å². The van der Waals surface area contributed by atoms with Gasteiger partial charge in [-0.2, -0.15) is 0 Å². The maximum Gasteiger partial charge on any atom is 0.258 e. The third-order valence-corrected chi connectivity index (χ3v) is 4.56. The number of nitrogens with one attached hydrogen (secondary N) is 2. The van der Waals surface area contributed by atoms with Gasteiger partial charge in [0.15, 0.2) is 11.7 Å². The van der Waals surface area contributed by atoms with Gasteiger partial charge in [-0.1, -0.05) is 30.3 Å². The van der Waals surface area contributed by atoms with Crippen LogP contribution in [0, 0.1) is 5.82 Å². The van der Waals surface area contributed by atoms with Crippen molar-refractivity contribution in [3.8, 4) is 5.75 Å². The van der Waals surface area contributed by atoms with E-state index in [1.807, 2.05) is 6.07 Å². The summed E-state index contributed by atoms with van der Waals surface area (Å²) in [6.07, 6.45) is 2.26. The Kier molecular flexibility index (Phi) is 6.69. The molecule has 0 radical (unpaired) electrons. The maximum absolute atomic E-state index is 12.9. The first-order valence-electron chi connectivity index (χ1n) is 8.52. The number of para-hydroxylation sites is 1. The Bertz CT molecular complexity index is 929. The summed E-state index contributed by atoms with van der Waals surface area (Å²) in [6, 6.07) is 15.2. The summed E-state index contributed by atoms with van der Waals surface area (Å²) in [6.45, 7) is -0.347. The second kappa shape index (κ2) is 9.61. The number of aromatic nitrogens is 1. The quantitative estimate of drug-likeness (QED) is 0.610. The van der Waals surface area contributed by atoms with Crippen molar-refractivity contribution in [2.45, 2.75) is 6.42 Å². The van der Waals surface area contributed by atoms with E-state index in [9.17, 15) is 14.0 Å². The van der Waals surface area contributed by atoms with Crippen LogP contribution < -0.4 is 15.4 Å². The number of carbonyl (C=O) groups is 2. The van der Waals surface area contributed by atoms with Crippen LogP contribution in [0.2, 0.25) is 0 Å². The second-order valence-electron chi connectivity index (χ2n) is 5.86. The summed E-state index contributed by atoms with van der Waals surface area (Å²) in [5.41, 5.74) is 0.952.